The maximum absolute atomic E-state index is 12.4. The van der Waals surface area contributed by atoms with Gasteiger partial charge in [0.15, 0.2) is 0 Å². The van der Waals surface area contributed by atoms with Crippen molar-refractivity contribution in [3.8, 4) is 0 Å². The van der Waals surface area contributed by atoms with E-state index in [1.165, 1.54) is 11.1 Å². The van der Waals surface area contributed by atoms with E-state index in [2.05, 4.69) is 50.8 Å². The molecule has 122 valence electrons. The summed E-state index contributed by atoms with van der Waals surface area (Å²) in [6.07, 6.45) is 1.05. The van der Waals surface area contributed by atoms with Gasteiger partial charge in [0.2, 0.25) is 0 Å². The second-order valence-corrected chi connectivity index (χ2v) is 6.54. The number of hydrogen-bond donors (Lipinski definition) is 2. The fourth-order valence-corrected chi connectivity index (χ4v) is 3.26. The maximum atomic E-state index is 12.4. The van der Waals surface area contributed by atoms with E-state index >= 15 is 0 Å². The molecule has 2 aromatic carbocycles. The Kier molecular flexibility index (Phi) is 6.22. The van der Waals surface area contributed by atoms with Gasteiger partial charge < -0.3 is 10.6 Å². The third-order valence-electron chi connectivity index (χ3n) is 4.13. The largest absolute Gasteiger partial charge is 0.350 e. The van der Waals surface area contributed by atoms with Crippen molar-refractivity contribution in [3.05, 3.63) is 69.2 Å². The van der Waals surface area contributed by atoms with Crippen molar-refractivity contribution in [2.45, 2.75) is 19.4 Å². The summed E-state index contributed by atoms with van der Waals surface area (Å²) >= 11 is 3.42. The molecule has 0 saturated carbocycles. The number of rotatable bonds is 3. The smallest absolute Gasteiger partial charge is 0.251 e. The van der Waals surface area contributed by atoms with Crippen LogP contribution in [0.15, 0.2) is 46.9 Å². The predicted octanol–water partition coefficient (Wildman–Crippen LogP) is 3.80. The van der Waals surface area contributed by atoms with Gasteiger partial charge in [-0.15, -0.1) is 12.4 Å². The summed E-state index contributed by atoms with van der Waals surface area (Å²) in [5, 5.41) is 6.54. The minimum Gasteiger partial charge on any atom is -0.350 e. The Hall–Kier alpha value is -1.36. The van der Waals surface area contributed by atoms with Crippen molar-refractivity contribution in [3.63, 3.8) is 0 Å². The molecule has 3 nitrogen and oxygen atoms in total. The van der Waals surface area contributed by atoms with E-state index in [9.17, 15) is 4.79 Å². The number of nitrogens with one attached hydrogen (secondary N) is 2. The molecule has 0 bridgehead atoms. The molecule has 1 heterocycles. The van der Waals surface area contributed by atoms with Crippen LogP contribution < -0.4 is 10.6 Å². The fourth-order valence-electron chi connectivity index (χ4n) is 2.90. The van der Waals surface area contributed by atoms with Gasteiger partial charge in [0.25, 0.3) is 5.91 Å². The van der Waals surface area contributed by atoms with Gasteiger partial charge in [-0.1, -0.05) is 46.3 Å². The van der Waals surface area contributed by atoms with Crippen LogP contribution in [0, 0.1) is 6.92 Å². The standard InChI is InChI=1S/C18H19BrN2O.ClH/c1-12-6-7-14(19)10-16(12)18(22)21-11-17-15-5-3-2-4-13(15)8-9-20-17;/h2-7,10,17,20H,8-9,11H2,1H3,(H,21,22);1H. The summed E-state index contributed by atoms with van der Waals surface area (Å²) in [7, 11) is 0. The Morgan fingerprint density at radius 3 is 2.91 bits per heavy atom. The molecule has 0 radical (unpaired) electrons. The molecule has 1 atom stereocenters. The zero-order chi connectivity index (χ0) is 15.5. The monoisotopic (exact) mass is 394 g/mol. The molecule has 0 fully saturated rings. The number of carbonyl (C=O) groups is 1. The van der Waals surface area contributed by atoms with E-state index in [1.54, 1.807) is 0 Å². The molecule has 1 aliphatic rings. The lowest BCUT2D eigenvalue weighted by Gasteiger charge is -2.27. The van der Waals surface area contributed by atoms with E-state index in [-0.39, 0.29) is 24.4 Å². The van der Waals surface area contributed by atoms with Gasteiger partial charge in [0.1, 0.15) is 0 Å². The molecule has 2 N–H and O–H groups in total. The van der Waals surface area contributed by atoms with E-state index in [0.29, 0.717) is 6.54 Å². The number of aryl methyl sites for hydroxylation is 1. The highest BCUT2D eigenvalue weighted by Crippen LogP contribution is 2.22. The minimum absolute atomic E-state index is 0. The second kappa shape index (κ2) is 7.95. The summed E-state index contributed by atoms with van der Waals surface area (Å²) in [6, 6.07) is 14.4. The molecular weight excluding hydrogens is 376 g/mol. The quantitative estimate of drug-likeness (QED) is 0.830. The van der Waals surface area contributed by atoms with Crippen LogP contribution in [-0.4, -0.2) is 19.0 Å². The average Bonchev–Trinajstić information content (AvgIpc) is 2.54. The van der Waals surface area contributed by atoms with E-state index in [4.69, 9.17) is 0 Å². The first-order valence-electron chi connectivity index (χ1n) is 7.50. The normalized spacial score (nSPS) is 16.2. The Labute approximate surface area is 151 Å². The van der Waals surface area contributed by atoms with Crippen LogP contribution >= 0.6 is 28.3 Å². The molecule has 0 aliphatic carbocycles. The molecule has 1 unspecified atom stereocenters. The van der Waals surface area contributed by atoms with Crippen LogP contribution in [-0.2, 0) is 6.42 Å². The Morgan fingerprint density at radius 2 is 2.09 bits per heavy atom. The number of carbonyl (C=O) groups excluding carboxylic acids is 1. The molecule has 2 aromatic rings. The first-order chi connectivity index (χ1) is 10.6. The molecular formula is C18H20BrClN2O. The van der Waals surface area contributed by atoms with Crippen molar-refractivity contribution in [2.24, 2.45) is 0 Å². The molecule has 1 amide bonds. The van der Waals surface area contributed by atoms with Crippen LogP contribution in [0.2, 0.25) is 0 Å². The summed E-state index contributed by atoms with van der Waals surface area (Å²) in [4.78, 5) is 12.4. The van der Waals surface area contributed by atoms with Crippen LogP contribution in [0.25, 0.3) is 0 Å². The highest BCUT2D eigenvalue weighted by Gasteiger charge is 2.20. The number of hydrogen-bond acceptors (Lipinski definition) is 2. The lowest BCUT2D eigenvalue weighted by atomic mass is 9.94. The Morgan fingerprint density at radius 1 is 1.30 bits per heavy atom. The van der Waals surface area contributed by atoms with Crippen LogP contribution in [0.4, 0.5) is 0 Å². The lowest BCUT2D eigenvalue weighted by molar-refractivity contribution is 0.0948. The molecule has 0 saturated heterocycles. The summed E-state index contributed by atoms with van der Waals surface area (Å²) in [6.45, 7) is 3.50. The van der Waals surface area contributed by atoms with Crippen LogP contribution in [0.5, 0.6) is 0 Å². The highest BCUT2D eigenvalue weighted by molar-refractivity contribution is 9.10. The molecule has 5 heteroatoms. The van der Waals surface area contributed by atoms with Crippen molar-refractivity contribution in [1.29, 1.82) is 0 Å². The van der Waals surface area contributed by atoms with E-state index in [0.717, 1.165) is 28.6 Å². The van der Waals surface area contributed by atoms with Crippen molar-refractivity contribution in [2.75, 3.05) is 13.1 Å². The zero-order valence-corrected chi connectivity index (χ0v) is 15.3. The summed E-state index contributed by atoms with van der Waals surface area (Å²) in [5.41, 5.74) is 4.37. The molecule has 3 rings (SSSR count). The fraction of sp³-hybridized carbons (Fsp3) is 0.278. The molecule has 1 aliphatic heterocycles. The average molecular weight is 396 g/mol. The lowest BCUT2D eigenvalue weighted by Crippen LogP contribution is -2.39. The van der Waals surface area contributed by atoms with Crippen LogP contribution in [0.3, 0.4) is 0 Å². The number of amides is 1. The van der Waals surface area contributed by atoms with Crippen molar-refractivity contribution < 1.29 is 4.79 Å². The molecule has 23 heavy (non-hydrogen) atoms. The van der Waals surface area contributed by atoms with Gasteiger partial charge in [-0.25, -0.2) is 0 Å². The minimum atomic E-state index is -0.0244. The molecule has 0 spiro atoms. The molecule has 0 aromatic heterocycles. The van der Waals surface area contributed by atoms with Crippen LogP contribution in [0.1, 0.15) is 33.1 Å². The Balaban J connectivity index is 0.00000192. The highest BCUT2D eigenvalue weighted by atomic mass is 79.9. The first kappa shape index (κ1) is 18.0. The van der Waals surface area contributed by atoms with Crippen molar-refractivity contribution >= 4 is 34.2 Å². The van der Waals surface area contributed by atoms with Gasteiger partial charge in [-0.05, 0) is 48.7 Å². The summed E-state index contributed by atoms with van der Waals surface area (Å²) in [5.74, 6) is -0.0244. The van der Waals surface area contributed by atoms with Gasteiger partial charge in [-0.2, -0.15) is 0 Å². The second-order valence-electron chi connectivity index (χ2n) is 5.62. The van der Waals surface area contributed by atoms with Gasteiger partial charge in [0, 0.05) is 22.6 Å². The number of benzene rings is 2. The van der Waals surface area contributed by atoms with Gasteiger partial charge >= 0.3 is 0 Å². The topological polar surface area (TPSA) is 41.1 Å². The SMILES string of the molecule is Cc1ccc(Br)cc1C(=O)NCC1NCCc2ccccc21.Cl. The maximum Gasteiger partial charge on any atom is 0.251 e. The van der Waals surface area contributed by atoms with E-state index < -0.39 is 0 Å². The van der Waals surface area contributed by atoms with E-state index in [1.807, 2.05) is 25.1 Å². The van der Waals surface area contributed by atoms with Gasteiger partial charge in [-0.3, -0.25) is 4.79 Å². The first-order valence-corrected chi connectivity index (χ1v) is 8.30. The number of fused-ring (bicyclic) bond motifs is 1. The van der Waals surface area contributed by atoms with Crippen molar-refractivity contribution in [1.82, 2.24) is 10.6 Å². The van der Waals surface area contributed by atoms with Gasteiger partial charge in [0.05, 0.1) is 0 Å². The predicted molar refractivity (Wildman–Crippen MR) is 99.3 cm³/mol. The Bertz CT molecular complexity index is 705. The summed E-state index contributed by atoms with van der Waals surface area (Å²) < 4.78 is 0.921. The number of halogens is 2. The third-order valence-corrected chi connectivity index (χ3v) is 4.62. The zero-order valence-electron chi connectivity index (χ0n) is 12.9. The third kappa shape index (κ3) is 4.14.